The van der Waals surface area contributed by atoms with Crippen LogP contribution in [0.4, 0.5) is 0 Å². The lowest BCUT2D eigenvalue weighted by molar-refractivity contribution is 0.0521. The van der Waals surface area contributed by atoms with Gasteiger partial charge in [-0.25, -0.2) is 4.79 Å². The second-order valence-corrected chi connectivity index (χ2v) is 12.5. The Balaban J connectivity index is 2.00. The predicted molar refractivity (Wildman–Crippen MR) is 97.3 cm³/mol. The largest absolute Gasteiger partial charge is 0.504 e. The Morgan fingerprint density at radius 1 is 1.04 bits per heavy atom. The topological polar surface area (TPSA) is 55.8 Å². The molecule has 0 amide bonds. The highest BCUT2D eigenvalue weighted by molar-refractivity contribution is 6.76. The first kappa shape index (κ1) is 18.1. The molecule has 1 N–H and O–H groups in total. The Bertz CT molecular complexity index is 678. The van der Waals surface area contributed by atoms with Gasteiger partial charge in [0.05, 0.1) is 6.61 Å². The van der Waals surface area contributed by atoms with Crippen LogP contribution in [0.3, 0.4) is 0 Å². The third-order valence-corrected chi connectivity index (χ3v) is 5.25. The molecule has 0 bridgehead atoms. The Morgan fingerprint density at radius 2 is 1.75 bits per heavy atom. The number of carbonyl (C=O) groups is 1. The van der Waals surface area contributed by atoms with Crippen LogP contribution in [0.5, 0.6) is 11.5 Å². The molecule has 0 aliphatic rings. The molecular formula is C19H24O4Si. The number of benzene rings is 2. The molecule has 0 radical (unpaired) electrons. The molecule has 2 aromatic rings. The van der Waals surface area contributed by atoms with E-state index in [4.69, 9.17) is 9.47 Å². The maximum absolute atomic E-state index is 12.2. The third kappa shape index (κ3) is 5.42. The average molecular weight is 344 g/mol. The summed E-state index contributed by atoms with van der Waals surface area (Å²) in [7, 11) is -1.26. The highest BCUT2D eigenvalue weighted by Gasteiger charge is 2.18. The van der Waals surface area contributed by atoms with Gasteiger partial charge in [0.15, 0.2) is 11.5 Å². The molecule has 128 valence electrons. The fourth-order valence-electron chi connectivity index (χ4n) is 2.07. The highest BCUT2D eigenvalue weighted by Crippen LogP contribution is 2.31. The number of carbonyl (C=O) groups excluding carboxylic acids is 1. The predicted octanol–water partition coefficient (Wildman–Crippen LogP) is 4.47. The normalized spacial score (nSPS) is 11.1. The van der Waals surface area contributed by atoms with Crippen molar-refractivity contribution in [1.29, 1.82) is 0 Å². The number of aromatic hydroxyl groups is 1. The monoisotopic (exact) mass is 344 g/mol. The van der Waals surface area contributed by atoms with Gasteiger partial charge in [-0.15, -0.1) is 0 Å². The smallest absolute Gasteiger partial charge is 0.342 e. The first-order valence-corrected chi connectivity index (χ1v) is 11.7. The molecule has 0 unspecified atom stereocenters. The molecule has 0 aliphatic heterocycles. The summed E-state index contributed by atoms with van der Waals surface area (Å²) in [5, 5.41) is 10.3. The van der Waals surface area contributed by atoms with E-state index in [-0.39, 0.29) is 17.1 Å². The molecule has 2 rings (SSSR count). The number of esters is 1. The summed E-state index contributed by atoms with van der Waals surface area (Å²) < 4.78 is 10.9. The second-order valence-electron chi connectivity index (χ2n) is 6.87. The van der Waals surface area contributed by atoms with Crippen molar-refractivity contribution < 1.29 is 19.4 Å². The molecule has 0 spiro atoms. The molecule has 2 aromatic carbocycles. The fraction of sp³-hybridized carbons (Fsp3) is 0.316. The van der Waals surface area contributed by atoms with Crippen molar-refractivity contribution in [2.24, 2.45) is 0 Å². The van der Waals surface area contributed by atoms with E-state index in [0.29, 0.717) is 13.2 Å². The van der Waals surface area contributed by atoms with Crippen molar-refractivity contribution in [3.05, 3.63) is 59.7 Å². The van der Waals surface area contributed by atoms with E-state index in [1.807, 2.05) is 30.3 Å². The van der Waals surface area contributed by atoms with Crippen LogP contribution < -0.4 is 4.74 Å². The van der Waals surface area contributed by atoms with Crippen molar-refractivity contribution >= 4 is 14.0 Å². The van der Waals surface area contributed by atoms with Gasteiger partial charge in [0, 0.05) is 8.07 Å². The zero-order valence-electron chi connectivity index (χ0n) is 14.4. The lowest BCUT2D eigenvalue weighted by Gasteiger charge is -2.16. The van der Waals surface area contributed by atoms with Gasteiger partial charge < -0.3 is 14.6 Å². The van der Waals surface area contributed by atoms with Gasteiger partial charge in [0.25, 0.3) is 0 Å². The van der Waals surface area contributed by atoms with Crippen LogP contribution in [0.15, 0.2) is 48.5 Å². The molecule has 0 fully saturated rings. The fourth-order valence-corrected chi connectivity index (χ4v) is 2.78. The number of rotatable bonds is 7. The summed E-state index contributed by atoms with van der Waals surface area (Å²) in [6.07, 6.45) is 0. The van der Waals surface area contributed by atoms with Crippen LogP contribution in [0.2, 0.25) is 25.7 Å². The Hall–Kier alpha value is -2.27. The molecule has 0 aliphatic carbocycles. The van der Waals surface area contributed by atoms with E-state index in [2.05, 4.69) is 19.6 Å². The molecule has 4 nitrogen and oxygen atoms in total. The van der Waals surface area contributed by atoms with Crippen molar-refractivity contribution in [2.45, 2.75) is 32.3 Å². The molecule has 24 heavy (non-hydrogen) atoms. The Morgan fingerprint density at radius 3 is 2.42 bits per heavy atom. The molecular weight excluding hydrogens is 320 g/mol. The number of hydrogen-bond donors (Lipinski definition) is 1. The van der Waals surface area contributed by atoms with Crippen molar-refractivity contribution in [1.82, 2.24) is 0 Å². The van der Waals surface area contributed by atoms with Gasteiger partial charge in [0.1, 0.15) is 12.2 Å². The maximum atomic E-state index is 12.2. The summed E-state index contributed by atoms with van der Waals surface area (Å²) in [5.74, 6) is -0.416. The number of phenolic OH excluding ortho intramolecular Hbond substituents is 1. The zero-order valence-corrected chi connectivity index (χ0v) is 15.4. The van der Waals surface area contributed by atoms with Crippen LogP contribution in [-0.2, 0) is 11.3 Å². The zero-order chi connectivity index (χ0) is 17.6. The van der Waals surface area contributed by atoms with Gasteiger partial charge in [-0.3, -0.25) is 0 Å². The minimum absolute atomic E-state index is 0.135. The minimum atomic E-state index is -1.26. The van der Waals surface area contributed by atoms with Gasteiger partial charge in [-0.05, 0) is 23.7 Å². The lowest BCUT2D eigenvalue weighted by Crippen LogP contribution is -2.22. The molecule has 0 atom stereocenters. The first-order chi connectivity index (χ1) is 11.4. The van der Waals surface area contributed by atoms with Gasteiger partial charge in [-0.1, -0.05) is 56.0 Å². The van der Waals surface area contributed by atoms with E-state index in [1.165, 1.54) is 0 Å². The van der Waals surface area contributed by atoms with E-state index < -0.39 is 14.0 Å². The summed E-state index contributed by atoms with van der Waals surface area (Å²) in [4.78, 5) is 12.2. The number of para-hydroxylation sites is 1. The lowest BCUT2D eigenvalue weighted by atomic mass is 10.2. The van der Waals surface area contributed by atoms with Crippen molar-refractivity contribution in [3.8, 4) is 11.5 Å². The van der Waals surface area contributed by atoms with E-state index >= 15 is 0 Å². The molecule has 0 saturated carbocycles. The quantitative estimate of drug-likeness (QED) is 0.595. The minimum Gasteiger partial charge on any atom is -0.504 e. The second kappa shape index (κ2) is 8.01. The van der Waals surface area contributed by atoms with E-state index in [1.54, 1.807) is 18.2 Å². The summed E-state index contributed by atoms with van der Waals surface area (Å²) >= 11 is 0. The van der Waals surface area contributed by atoms with Crippen molar-refractivity contribution in [2.75, 3.05) is 6.61 Å². The van der Waals surface area contributed by atoms with Crippen LogP contribution in [0.25, 0.3) is 0 Å². The van der Waals surface area contributed by atoms with Crippen LogP contribution in [-0.4, -0.2) is 25.8 Å². The Kier molecular flexibility index (Phi) is 6.03. The maximum Gasteiger partial charge on any atom is 0.342 e. The van der Waals surface area contributed by atoms with Crippen LogP contribution in [0.1, 0.15) is 15.9 Å². The summed E-state index contributed by atoms with van der Waals surface area (Å²) in [6.45, 7) is 7.36. The molecule has 0 aromatic heterocycles. The third-order valence-electron chi connectivity index (χ3n) is 3.54. The summed E-state index contributed by atoms with van der Waals surface area (Å²) in [6, 6.07) is 15.4. The average Bonchev–Trinajstić information content (AvgIpc) is 2.53. The molecule has 0 heterocycles. The van der Waals surface area contributed by atoms with Crippen molar-refractivity contribution in [3.63, 3.8) is 0 Å². The number of phenols is 1. The highest BCUT2D eigenvalue weighted by atomic mass is 28.3. The molecule has 5 heteroatoms. The number of hydrogen-bond acceptors (Lipinski definition) is 4. The van der Waals surface area contributed by atoms with Crippen LogP contribution >= 0.6 is 0 Å². The van der Waals surface area contributed by atoms with E-state index in [9.17, 15) is 9.90 Å². The molecule has 0 saturated heterocycles. The van der Waals surface area contributed by atoms with E-state index in [0.717, 1.165) is 11.6 Å². The van der Waals surface area contributed by atoms with Crippen LogP contribution in [0, 0.1) is 0 Å². The summed E-state index contributed by atoms with van der Waals surface area (Å²) in [5.41, 5.74) is 1.12. The SMILES string of the molecule is C[Si](C)(C)CCOC(=O)c1cccc(OCc2ccccc2)c1O. The van der Waals surface area contributed by atoms with Gasteiger partial charge in [0.2, 0.25) is 0 Å². The number of ether oxygens (including phenoxy) is 2. The van der Waals surface area contributed by atoms with Gasteiger partial charge >= 0.3 is 5.97 Å². The first-order valence-electron chi connectivity index (χ1n) is 8.03. The standard InChI is InChI=1S/C19H24O4Si/c1-24(2,3)13-12-22-19(21)16-10-7-11-17(18(16)20)23-14-15-8-5-4-6-9-15/h4-11,20H,12-14H2,1-3H3. The van der Waals surface area contributed by atoms with Gasteiger partial charge in [-0.2, -0.15) is 0 Å². The Labute approximate surface area is 144 Å².